The van der Waals surface area contributed by atoms with Crippen molar-refractivity contribution in [2.45, 2.75) is 32.0 Å². The molecule has 1 saturated heterocycles. The van der Waals surface area contributed by atoms with Crippen molar-refractivity contribution in [3.05, 3.63) is 83.9 Å². The predicted octanol–water partition coefficient (Wildman–Crippen LogP) is 3.84. The third-order valence-corrected chi connectivity index (χ3v) is 6.17. The minimum Gasteiger partial charge on any atom is -0.383 e. The van der Waals surface area contributed by atoms with E-state index in [1.807, 2.05) is 61.7 Å². The summed E-state index contributed by atoms with van der Waals surface area (Å²) in [6.07, 6.45) is 4.16. The number of nitrogens with one attached hydrogen (secondary N) is 2. The lowest BCUT2D eigenvalue weighted by Crippen LogP contribution is -2.33. The van der Waals surface area contributed by atoms with Crippen LogP contribution < -0.4 is 10.6 Å². The first-order valence-electron chi connectivity index (χ1n) is 11.1. The molecule has 0 aliphatic carbocycles. The van der Waals surface area contributed by atoms with E-state index in [4.69, 9.17) is 17.0 Å². The van der Waals surface area contributed by atoms with Crippen molar-refractivity contribution in [2.24, 2.45) is 0 Å². The number of ether oxygens (including phenoxy) is 1. The number of rotatable bonds is 9. The van der Waals surface area contributed by atoms with Gasteiger partial charge >= 0.3 is 0 Å². The molecule has 1 amide bonds. The van der Waals surface area contributed by atoms with Gasteiger partial charge in [-0.3, -0.25) is 9.78 Å². The van der Waals surface area contributed by atoms with Crippen molar-refractivity contribution in [1.29, 1.82) is 0 Å². The zero-order valence-electron chi connectivity index (χ0n) is 18.9. The molecule has 3 aromatic rings. The molecule has 33 heavy (non-hydrogen) atoms. The number of nitrogens with zero attached hydrogens (tertiary/aromatic N) is 3. The maximum Gasteiger partial charge on any atom is 0.226 e. The fraction of sp³-hybridized carbons (Fsp3) is 0.320. The van der Waals surface area contributed by atoms with Gasteiger partial charge in [0.25, 0.3) is 0 Å². The zero-order valence-corrected chi connectivity index (χ0v) is 19.7. The minimum atomic E-state index is -0.116. The van der Waals surface area contributed by atoms with Gasteiger partial charge in [0.2, 0.25) is 5.91 Å². The number of amides is 1. The molecule has 172 valence electrons. The summed E-state index contributed by atoms with van der Waals surface area (Å²) in [5.74, 6) is -0.0449. The number of hydrogen-bond donors (Lipinski definition) is 2. The largest absolute Gasteiger partial charge is 0.383 e. The Bertz CT molecular complexity index is 1080. The molecule has 4 rings (SSSR count). The van der Waals surface area contributed by atoms with Crippen LogP contribution in [0.3, 0.4) is 0 Å². The van der Waals surface area contributed by atoms with Crippen LogP contribution in [0.4, 0.5) is 5.69 Å². The fourth-order valence-electron chi connectivity index (χ4n) is 4.14. The van der Waals surface area contributed by atoms with Crippen molar-refractivity contribution in [1.82, 2.24) is 19.8 Å². The summed E-state index contributed by atoms with van der Waals surface area (Å²) in [6, 6.07) is 17.6. The molecule has 3 heterocycles. The van der Waals surface area contributed by atoms with E-state index >= 15 is 0 Å². The van der Waals surface area contributed by atoms with Gasteiger partial charge in [-0.15, -0.1) is 0 Å². The normalized spacial score (nSPS) is 17.8. The van der Waals surface area contributed by atoms with Crippen LogP contribution in [0.5, 0.6) is 0 Å². The van der Waals surface area contributed by atoms with Crippen LogP contribution in [-0.2, 0) is 16.1 Å². The van der Waals surface area contributed by atoms with Gasteiger partial charge in [0, 0.05) is 50.4 Å². The third-order valence-electron chi connectivity index (χ3n) is 5.82. The molecule has 2 atom stereocenters. The van der Waals surface area contributed by atoms with E-state index in [1.165, 1.54) is 0 Å². The zero-order chi connectivity index (χ0) is 23.2. The molecular weight excluding hydrogens is 434 g/mol. The van der Waals surface area contributed by atoms with Crippen molar-refractivity contribution in [3.8, 4) is 0 Å². The minimum absolute atomic E-state index is 0.0449. The van der Waals surface area contributed by atoms with Crippen LogP contribution in [0.1, 0.15) is 35.5 Å². The summed E-state index contributed by atoms with van der Waals surface area (Å²) in [6.45, 7) is 3.86. The number of anilines is 1. The van der Waals surface area contributed by atoms with Crippen LogP contribution in [0, 0.1) is 6.92 Å². The van der Waals surface area contributed by atoms with Gasteiger partial charge in [-0.05, 0) is 55.5 Å². The summed E-state index contributed by atoms with van der Waals surface area (Å²) < 4.78 is 7.47. The second-order valence-corrected chi connectivity index (χ2v) is 8.49. The number of hydrogen-bond acceptors (Lipinski definition) is 4. The van der Waals surface area contributed by atoms with E-state index < -0.39 is 0 Å². The molecule has 7 nitrogen and oxygen atoms in total. The number of pyridine rings is 1. The van der Waals surface area contributed by atoms with Crippen LogP contribution in [0.2, 0.25) is 0 Å². The van der Waals surface area contributed by atoms with E-state index in [0.717, 1.165) is 29.2 Å². The highest BCUT2D eigenvalue weighted by Crippen LogP contribution is 2.38. The first kappa shape index (κ1) is 22.9. The van der Waals surface area contributed by atoms with Gasteiger partial charge in [0.05, 0.1) is 24.4 Å². The fourth-order valence-corrected chi connectivity index (χ4v) is 4.47. The average Bonchev–Trinajstić information content (AvgIpc) is 3.42. The van der Waals surface area contributed by atoms with Crippen molar-refractivity contribution in [3.63, 3.8) is 0 Å². The van der Waals surface area contributed by atoms with Crippen molar-refractivity contribution >= 4 is 28.9 Å². The molecule has 2 N–H and O–H groups in total. The molecule has 1 aromatic carbocycles. The van der Waals surface area contributed by atoms with Crippen LogP contribution in [-0.4, -0.2) is 45.7 Å². The number of carbonyl (C=O) groups is 1. The van der Waals surface area contributed by atoms with E-state index in [-0.39, 0.29) is 18.0 Å². The Balaban J connectivity index is 1.54. The first-order valence-corrected chi connectivity index (χ1v) is 11.5. The lowest BCUT2D eigenvalue weighted by molar-refractivity contribution is -0.116. The summed E-state index contributed by atoms with van der Waals surface area (Å²) in [4.78, 5) is 19.4. The van der Waals surface area contributed by atoms with Gasteiger partial charge < -0.3 is 24.8 Å². The molecule has 0 spiro atoms. The Morgan fingerprint density at radius 2 is 1.97 bits per heavy atom. The molecule has 0 radical (unpaired) electrons. The topological polar surface area (TPSA) is 71.4 Å². The molecule has 8 heteroatoms. The monoisotopic (exact) mass is 463 g/mol. The van der Waals surface area contributed by atoms with Gasteiger partial charge in [-0.1, -0.05) is 23.8 Å². The smallest absolute Gasteiger partial charge is 0.226 e. The lowest BCUT2D eigenvalue weighted by atomic mass is 10.0. The van der Waals surface area contributed by atoms with Gasteiger partial charge in [-0.2, -0.15) is 0 Å². The van der Waals surface area contributed by atoms with Gasteiger partial charge in [0.15, 0.2) is 5.11 Å². The van der Waals surface area contributed by atoms with Crippen LogP contribution in [0.15, 0.2) is 67.0 Å². The van der Waals surface area contributed by atoms with Crippen molar-refractivity contribution in [2.75, 3.05) is 25.6 Å². The maximum absolute atomic E-state index is 12.7. The first-order chi connectivity index (χ1) is 16.1. The number of aromatic nitrogens is 2. The standard InChI is InChI=1S/C25H29N5O2S/c1-18-8-10-19(11-9-18)27-22(31)12-15-30-24(21-7-5-14-29(21)16-17-32-2)23(28-25(30)33)20-6-3-4-13-26-20/h3-11,13-14,23-24H,12,15-17H2,1-2H3,(H,27,31)(H,28,33)/t23-,24+/m1/s1. The van der Waals surface area contributed by atoms with E-state index in [1.54, 1.807) is 13.3 Å². The van der Waals surface area contributed by atoms with E-state index in [2.05, 4.69) is 31.2 Å². The molecule has 0 unspecified atom stereocenters. The number of benzene rings is 1. The van der Waals surface area contributed by atoms with Crippen LogP contribution in [0.25, 0.3) is 0 Å². The number of thiocarbonyl (C=S) groups is 1. The molecular formula is C25H29N5O2S. The summed E-state index contributed by atoms with van der Waals surface area (Å²) in [5, 5.41) is 7.04. The number of aryl methyl sites for hydroxylation is 1. The van der Waals surface area contributed by atoms with Crippen molar-refractivity contribution < 1.29 is 9.53 Å². The highest BCUT2D eigenvalue weighted by Gasteiger charge is 2.41. The van der Waals surface area contributed by atoms with E-state index in [9.17, 15) is 4.79 Å². The summed E-state index contributed by atoms with van der Waals surface area (Å²) >= 11 is 5.72. The van der Waals surface area contributed by atoms with Gasteiger partial charge in [-0.25, -0.2) is 0 Å². The average molecular weight is 464 g/mol. The number of methoxy groups -OCH3 is 1. The summed E-state index contributed by atoms with van der Waals surface area (Å²) in [7, 11) is 1.70. The number of carbonyl (C=O) groups excluding carboxylic acids is 1. The Morgan fingerprint density at radius 1 is 1.15 bits per heavy atom. The van der Waals surface area contributed by atoms with E-state index in [0.29, 0.717) is 24.7 Å². The Hall–Kier alpha value is -3.23. The Labute approximate surface area is 199 Å². The molecule has 0 saturated carbocycles. The maximum atomic E-state index is 12.7. The Morgan fingerprint density at radius 3 is 2.70 bits per heavy atom. The Kier molecular flexibility index (Phi) is 7.36. The molecule has 0 bridgehead atoms. The van der Waals surface area contributed by atoms with Crippen LogP contribution >= 0.6 is 12.2 Å². The molecule has 1 aliphatic heterocycles. The highest BCUT2D eigenvalue weighted by molar-refractivity contribution is 7.80. The second-order valence-electron chi connectivity index (χ2n) is 8.10. The quantitative estimate of drug-likeness (QED) is 0.470. The molecule has 2 aromatic heterocycles. The molecule has 1 aliphatic rings. The predicted molar refractivity (Wildman–Crippen MR) is 133 cm³/mol. The summed E-state index contributed by atoms with van der Waals surface area (Å²) in [5.41, 5.74) is 3.97. The van der Waals surface area contributed by atoms with Gasteiger partial charge in [0.1, 0.15) is 0 Å². The second kappa shape index (κ2) is 10.6. The SMILES string of the molecule is COCCn1cccc1[C@H]1[C@@H](c2ccccn2)NC(=S)N1CCC(=O)Nc1ccc(C)cc1. The lowest BCUT2D eigenvalue weighted by Gasteiger charge is -2.28. The highest BCUT2D eigenvalue weighted by atomic mass is 32.1. The third kappa shape index (κ3) is 5.40. The molecule has 1 fully saturated rings.